The average Bonchev–Trinajstić information content (AvgIpc) is 2.82. The Hall–Kier alpha value is -2.05. The van der Waals surface area contributed by atoms with Crippen molar-refractivity contribution in [1.82, 2.24) is 20.2 Å². The minimum absolute atomic E-state index is 0.255. The normalized spacial score (nSPS) is 22.0. The zero-order valence-corrected chi connectivity index (χ0v) is 11.1. The molecule has 0 aromatic carbocycles. The lowest BCUT2D eigenvalue weighted by molar-refractivity contribution is -0.142. The summed E-state index contributed by atoms with van der Waals surface area (Å²) >= 11 is 0. The van der Waals surface area contributed by atoms with Gasteiger partial charge >= 0.3 is 12.0 Å². The zero-order valence-electron chi connectivity index (χ0n) is 11.1. The fourth-order valence-electron chi connectivity index (χ4n) is 2.70. The molecular weight excluding hydrogens is 260 g/mol. The van der Waals surface area contributed by atoms with Gasteiger partial charge in [0.15, 0.2) is 0 Å². The van der Waals surface area contributed by atoms with E-state index in [0.29, 0.717) is 12.5 Å². The number of aromatic nitrogens is 2. The highest BCUT2D eigenvalue weighted by atomic mass is 16.4. The van der Waals surface area contributed by atoms with Crippen LogP contribution in [-0.2, 0) is 17.8 Å². The molecule has 7 nitrogen and oxygen atoms in total. The van der Waals surface area contributed by atoms with Crippen molar-refractivity contribution in [1.29, 1.82) is 0 Å². The first-order valence-corrected chi connectivity index (χ1v) is 6.93. The van der Waals surface area contributed by atoms with Gasteiger partial charge in [-0.1, -0.05) is 6.42 Å². The molecule has 1 aliphatic carbocycles. The van der Waals surface area contributed by atoms with Gasteiger partial charge in [-0.3, -0.25) is 0 Å². The highest BCUT2D eigenvalue weighted by Gasteiger charge is 2.36. The number of urea groups is 1. The topological polar surface area (TPSA) is 98.3 Å². The van der Waals surface area contributed by atoms with Gasteiger partial charge in [-0.15, -0.1) is 0 Å². The zero-order chi connectivity index (χ0) is 14.1. The summed E-state index contributed by atoms with van der Waals surface area (Å²) < 4.78 is 0. The molecule has 7 heteroatoms. The Labute approximate surface area is 116 Å². The van der Waals surface area contributed by atoms with E-state index in [1.54, 1.807) is 6.33 Å². The van der Waals surface area contributed by atoms with Crippen LogP contribution in [0.1, 0.15) is 30.7 Å². The van der Waals surface area contributed by atoms with E-state index in [9.17, 15) is 14.7 Å². The summed E-state index contributed by atoms with van der Waals surface area (Å²) in [6.07, 6.45) is 5.31. The molecule has 20 heavy (non-hydrogen) atoms. The lowest BCUT2D eigenvalue weighted by atomic mass is 9.85. The predicted molar refractivity (Wildman–Crippen MR) is 70.0 cm³/mol. The van der Waals surface area contributed by atoms with Crippen LogP contribution in [0.3, 0.4) is 0 Å². The fourth-order valence-corrected chi connectivity index (χ4v) is 2.70. The van der Waals surface area contributed by atoms with Crippen LogP contribution in [0.15, 0.2) is 6.33 Å². The predicted octanol–water partition coefficient (Wildman–Crippen LogP) is 0.731. The molecule has 1 aromatic rings. The number of hydrogen-bond donors (Lipinski definition) is 3. The molecule has 0 spiro atoms. The molecule has 0 bridgehead atoms. The van der Waals surface area contributed by atoms with Gasteiger partial charge < -0.3 is 20.3 Å². The van der Waals surface area contributed by atoms with Gasteiger partial charge in [0.05, 0.1) is 24.3 Å². The number of carbonyl (C=O) groups excluding carboxylic acids is 1. The second-order valence-electron chi connectivity index (χ2n) is 5.50. The molecule has 0 saturated heterocycles. The number of hydrogen-bond acceptors (Lipinski definition) is 3. The maximum atomic E-state index is 12.2. The van der Waals surface area contributed by atoms with Gasteiger partial charge in [-0.2, -0.15) is 0 Å². The summed E-state index contributed by atoms with van der Waals surface area (Å²) in [7, 11) is 0. The van der Waals surface area contributed by atoms with Crippen LogP contribution in [0.2, 0.25) is 0 Å². The van der Waals surface area contributed by atoms with E-state index in [1.165, 1.54) is 11.3 Å². The Kier molecular flexibility index (Phi) is 3.33. The van der Waals surface area contributed by atoms with Crippen molar-refractivity contribution in [2.24, 2.45) is 5.92 Å². The molecule has 1 saturated carbocycles. The highest BCUT2D eigenvalue weighted by Crippen LogP contribution is 2.25. The van der Waals surface area contributed by atoms with Gasteiger partial charge in [0.25, 0.3) is 0 Å². The summed E-state index contributed by atoms with van der Waals surface area (Å²) in [4.78, 5) is 32.0. The fraction of sp³-hybridized carbons (Fsp3) is 0.615. The summed E-state index contributed by atoms with van der Waals surface area (Å²) in [5.41, 5.74) is 1.56. The van der Waals surface area contributed by atoms with Crippen molar-refractivity contribution >= 4 is 12.0 Å². The number of carboxylic acids is 1. The highest BCUT2D eigenvalue weighted by molar-refractivity contribution is 5.83. The van der Waals surface area contributed by atoms with Gasteiger partial charge in [0, 0.05) is 13.0 Å². The van der Waals surface area contributed by atoms with Crippen molar-refractivity contribution in [2.45, 2.75) is 38.3 Å². The molecule has 3 N–H and O–H groups in total. The first-order valence-electron chi connectivity index (χ1n) is 6.93. The molecule has 0 radical (unpaired) electrons. The van der Waals surface area contributed by atoms with Crippen molar-refractivity contribution in [3.8, 4) is 0 Å². The van der Waals surface area contributed by atoms with Crippen molar-refractivity contribution in [2.75, 3.05) is 6.54 Å². The molecule has 1 aliphatic heterocycles. The summed E-state index contributed by atoms with van der Waals surface area (Å²) in [6.45, 7) is 0.903. The number of nitrogens with zero attached hydrogens (tertiary/aromatic N) is 2. The first kappa shape index (κ1) is 13.0. The maximum Gasteiger partial charge on any atom is 0.326 e. The molecule has 2 amide bonds. The Balaban J connectivity index is 1.68. The Morgan fingerprint density at radius 1 is 1.50 bits per heavy atom. The molecule has 1 fully saturated rings. The third-order valence-electron chi connectivity index (χ3n) is 4.21. The Bertz CT molecular complexity index is 523. The minimum Gasteiger partial charge on any atom is -0.480 e. The first-order chi connectivity index (χ1) is 9.65. The second kappa shape index (κ2) is 5.15. The van der Waals surface area contributed by atoms with Gasteiger partial charge in [-0.05, 0) is 18.8 Å². The smallest absolute Gasteiger partial charge is 0.326 e. The lowest BCUT2D eigenvalue weighted by Crippen LogP contribution is -2.53. The van der Waals surface area contributed by atoms with E-state index in [0.717, 1.165) is 24.2 Å². The van der Waals surface area contributed by atoms with Crippen LogP contribution >= 0.6 is 0 Å². The number of nitrogens with one attached hydrogen (secondary N) is 2. The van der Waals surface area contributed by atoms with Crippen LogP contribution in [0, 0.1) is 5.92 Å². The molecule has 1 aromatic heterocycles. The number of carbonyl (C=O) groups is 2. The van der Waals surface area contributed by atoms with E-state index in [-0.39, 0.29) is 19.0 Å². The van der Waals surface area contributed by atoms with Crippen LogP contribution in [0.25, 0.3) is 0 Å². The van der Waals surface area contributed by atoms with Crippen molar-refractivity contribution in [3.63, 3.8) is 0 Å². The molecule has 2 aliphatic rings. The quantitative estimate of drug-likeness (QED) is 0.759. The standard InChI is InChI=1S/C13H18N4O3/c18-12(19)11-4-9-10(16-7-15-9)6-17(11)13(20)14-5-8-2-1-3-8/h7-8,11H,1-6H2,(H,14,20)(H,15,16)(H,18,19). The second-order valence-corrected chi connectivity index (χ2v) is 5.50. The summed E-state index contributed by atoms with van der Waals surface area (Å²) in [6, 6.07) is -1.14. The SMILES string of the molecule is O=C(O)C1Cc2nc[nH]c2CN1C(=O)NCC1CCC1. The maximum absolute atomic E-state index is 12.2. The lowest BCUT2D eigenvalue weighted by Gasteiger charge is -2.33. The van der Waals surface area contributed by atoms with Gasteiger partial charge in [0.2, 0.25) is 0 Å². The number of rotatable bonds is 3. The number of amides is 2. The van der Waals surface area contributed by atoms with Crippen molar-refractivity contribution in [3.05, 3.63) is 17.7 Å². The van der Waals surface area contributed by atoms with Gasteiger partial charge in [-0.25, -0.2) is 14.6 Å². The van der Waals surface area contributed by atoms with Crippen LogP contribution in [0.4, 0.5) is 4.79 Å². The third-order valence-corrected chi connectivity index (χ3v) is 4.21. The number of H-pyrrole nitrogens is 1. The minimum atomic E-state index is -0.988. The number of carboxylic acid groups (broad SMARTS) is 1. The molecule has 1 atom stereocenters. The van der Waals surface area contributed by atoms with E-state index in [1.807, 2.05) is 0 Å². The number of aliphatic carboxylic acids is 1. The molecule has 2 heterocycles. The van der Waals surface area contributed by atoms with E-state index in [2.05, 4.69) is 15.3 Å². The van der Waals surface area contributed by atoms with Crippen LogP contribution in [-0.4, -0.2) is 44.6 Å². The summed E-state index contributed by atoms with van der Waals surface area (Å²) in [5.74, 6) is -0.438. The Morgan fingerprint density at radius 2 is 2.30 bits per heavy atom. The van der Waals surface area contributed by atoms with Crippen LogP contribution in [0.5, 0.6) is 0 Å². The Morgan fingerprint density at radius 3 is 2.95 bits per heavy atom. The molecule has 3 rings (SSSR count). The third kappa shape index (κ3) is 2.35. The van der Waals surface area contributed by atoms with Gasteiger partial charge in [0.1, 0.15) is 6.04 Å². The largest absolute Gasteiger partial charge is 0.480 e. The van der Waals surface area contributed by atoms with Crippen molar-refractivity contribution < 1.29 is 14.7 Å². The summed E-state index contributed by atoms with van der Waals surface area (Å²) in [5, 5.41) is 12.1. The average molecular weight is 278 g/mol. The number of fused-ring (bicyclic) bond motifs is 1. The number of aromatic amines is 1. The molecule has 1 unspecified atom stereocenters. The number of imidazole rings is 1. The van der Waals surface area contributed by atoms with E-state index in [4.69, 9.17) is 0 Å². The van der Waals surface area contributed by atoms with Crippen LogP contribution < -0.4 is 5.32 Å². The van der Waals surface area contributed by atoms with E-state index >= 15 is 0 Å². The molecular formula is C13H18N4O3. The molecule has 108 valence electrons. The monoisotopic (exact) mass is 278 g/mol. The van der Waals surface area contributed by atoms with E-state index < -0.39 is 12.0 Å².